The van der Waals surface area contributed by atoms with Crippen molar-refractivity contribution in [2.24, 2.45) is 5.10 Å². The van der Waals surface area contributed by atoms with Gasteiger partial charge in [0.1, 0.15) is 11.5 Å². The molecule has 0 N–H and O–H groups in total. The number of furan rings is 1. The first-order valence-electron chi connectivity index (χ1n) is 14.6. The van der Waals surface area contributed by atoms with Gasteiger partial charge in [0.15, 0.2) is 28.8 Å². The van der Waals surface area contributed by atoms with Gasteiger partial charge in [-0.1, -0.05) is 6.07 Å². The molecular formula is C32H37ClN4O9. The molecule has 2 aromatic heterocycles. The average molecular weight is 657 g/mol. The van der Waals surface area contributed by atoms with Gasteiger partial charge in [0, 0.05) is 18.0 Å². The highest BCUT2D eigenvalue weighted by Gasteiger charge is 2.21. The minimum atomic E-state index is -0.651. The number of ether oxygens (including phenoxy) is 5. The third-order valence-electron chi connectivity index (χ3n) is 6.35. The Kier molecular flexibility index (Phi) is 13.4. The van der Waals surface area contributed by atoms with Crippen molar-refractivity contribution in [2.75, 3.05) is 39.6 Å². The van der Waals surface area contributed by atoms with Crippen molar-refractivity contribution in [3.05, 3.63) is 81.9 Å². The summed E-state index contributed by atoms with van der Waals surface area (Å²) in [6.45, 7) is 10.9. The number of amides is 1. The van der Waals surface area contributed by atoms with Crippen LogP contribution in [0.4, 0.5) is 10.7 Å². The van der Waals surface area contributed by atoms with Crippen LogP contribution in [0.3, 0.4) is 0 Å². The van der Waals surface area contributed by atoms with E-state index in [9.17, 15) is 14.9 Å². The fourth-order valence-electron chi connectivity index (χ4n) is 4.44. The second kappa shape index (κ2) is 17.4. The van der Waals surface area contributed by atoms with Gasteiger partial charge in [0.05, 0.1) is 50.9 Å². The van der Waals surface area contributed by atoms with Crippen LogP contribution < -0.4 is 18.9 Å². The highest BCUT2D eigenvalue weighted by Crippen LogP contribution is 2.35. The van der Waals surface area contributed by atoms with Crippen LogP contribution >= 0.6 is 12.4 Å². The van der Waals surface area contributed by atoms with Crippen molar-refractivity contribution < 1.29 is 37.8 Å². The Morgan fingerprint density at radius 1 is 0.913 bits per heavy atom. The zero-order valence-corrected chi connectivity index (χ0v) is 26.9. The molecule has 1 amide bonds. The summed E-state index contributed by atoms with van der Waals surface area (Å²) < 4.78 is 32.5. The van der Waals surface area contributed by atoms with Crippen LogP contribution in [0.1, 0.15) is 44.7 Å². The molecule has 0 radical (unpaired) electrons. The van der Waals surface area contributed by atoms with E-state index in [0.29, 0.717) is 39.4 Å². The number of carbonyl (C=O) groups excluding carboxylic acids is 1. The van der Waals surface area contributed by atoms with E-state index in [1.165, 1.54) is 18.3 Å². The topological polar surface area (TPSA) is 148 Å². The van der Waals surface area contributed by atoms with Crippen molar-refractivity contribution >= 4 is 41.4 Å². The number of nitro groups is 1. The maximum Gasteiger partial charge on any atom is 0.433 e. The zero-order chi connectivity index (χ0) is 32.2. The highest BCUT2D eigenvalue weighted by molar-refractivity contribution is 5.88. The number of halogens is 1. The summed E-state index contributed by atoms with van der Waals surface area (Å²) in [6, 6.07) is 14.7. The van der Waals surface area contributed by atoms with E-state index in [1.807, 2.05) is 64.2 Å². The van der Waals surface area contributed by atoms with Crippen molar-refractivity contribution in [2.45, 2.75) is 34.1 Å². The van der Waals surface area contributed by atoms with Crippen LogP contribution in [0.5, 0.6) is 23.0 Å². The second-order valence-electron chi connectivity index (χ2n) is 9.38. The van der Waals surface area contributed by atoms with Gasteiger partial charge in [-0.05, 0) is 75.0 Å². The van der Waals surface area contributed by atoms with E-state index < -0.39 is 11.0 Å². The molecule has 0 bridgehead atoms. The van der Waals surface area contributed by atoms with E-state index in [2.05, 4.69) is 20.9 Å². The Morgan fingerprint density at radius 3 is 2.17 bits per heavy atom. The predicted molar refractivity (Wildman–Crippen MR) is 174 cm³/mol. The average Bonchev–Trinajstić information content (AvgIpc) is 3.68. The quantitative estimate of drug-likeness (QED) is 0.0853. The van der Waals surface area contributed by atoms with Crippen molar-refractivity contribution in [3.63, 3.8) is 0 Å². The van der Waals surface area contributed by atoms with E-state index in [-0.39, 0.29) is 30.7 Å². The van der Waals surface area contributed by atoms with E-state index in [1.54, 1.807) is 0 Å². The Balaban J connectivity index is 0.000000287. The van der Waals surface area contributed by atoms with E-state index >= 15 is 0 Å². The van der Waals surface area contributed by atoms with Crippen LogP contribution in [0, 0.1) is 10.1 Å². The molecule has 246 valence electrons. The van der Waals surface area contributed by atoms with Crippen molar-refractivity contribution in [3.8, 4) is 23.0 Å². The fraction of sp³-hybridized carbons (Fsp3) is 0.344. The molecule has 1 saturated heterocycles. The first-order chi connectivity index (χ1) is 21.9. The number of hydrogen-bond acceptors (Lipinski definition) is 11. The Morgan fingerprint density at radius 2 is 1.57 bits per heavy atom. The standard InChI is InChI=1S/C24H29NO4.C8H7N3O5.ClH/c1-5-26-21-10-9-17(14-22(21)27-6-2)13-20-19-16-24(29-8-4)23(28-7-3)15-18(19)11-12-25-20;12-8-10(3-4-15-8)9-5-6-1-2-7(16-6)11(13)14;/h9-12,14-16H,5-8,13H2,1-4H3;1-2,5H,3-4H2;1H. The minimum absolute atomic E-state index is 0. The molecule has 0 unspecified atom stereocenters. The van der Waals surface area contributed by atoms with Gasteiger partial charge in [-0.2, -0.15) is 10.1 Å². The number of benzene rings is 2. The number of nitrogens with zero attached hydrogens (tertiary/aromatic N) is 4. The van der Waals surface area contributed by atoms with Crippen LogP contribution in [0.25, 0.3) is 10.8 Å². The van der Waals surface area contributed by atoms with Crippen molar-refractivity contribution in [1.29, 1.82) is 0 Å². The Labute approximate surface area is 272 Å². The molecule has 0 spiro atoms. The summed E-state index contributed by atoms with van der Waals surface area (Å²) in [5.74, 6) is 2.87. The van der Waals surface area contributed by atoms with Crippen molar-refractivity contribution in [1.82, 2.24) is 9.99 Å². The van der Waals surface area contributed by atoms with E-state index in [0.717, 1.165) is 50.0 Å². The molecule has 0 aliphatic carbocycles. The monoisotopic (exact) mass is 656 g/mol. The van der Waals surface area contributed by atoms with Gasteiger partial charge in [-0.25, -0.2) is 4.79 Å². The molecule has 5 rings (SSSR count). The molecule has 0 saturated carbocycles. The number of hydrazone groups is 1. The molecular weight excluding hydrogens is 620 g/mol. The molecule has 1 aliphatic heterocycles. The van der Waals surface area contributed by atoms with Crippen LogP contribution in [-0.2, 0) is 11.2 Å². The maximum atomic E-state index is 11.0. The summed E-state index contributed by atoms with van der Waals surface area (Å²) in [6.07, 6.45) is 3.20. The van der Waals surface area contributed by atoms with Gasteiger partial charge in [-0.15, -0.1) is 12.4 Å². The summed E-state index contributed by atoms with van der Waals surface area (Å²) in [7, 11) is 0. The molecule has 4 aromatic rings. The number of carbonyl (C=O) groups is 1. The summed E-state index contributed by atoms with van der Waals surface area (Å²) >= 11 is 0. The SMILES string of the molecule is CCOc1ccc(Cc2nccc3cc(OCC)c(OCC)cc23)cc1OCC.Cl.O=C1OCCN1N=Cc1ccc([N+](=O)[O-])o1. The fourth-order valence-corrected chi connectivity index (χ4v) is 4.44. The Hall–Kier alpha value is -5.04. The largest absolute Gasteiger partial charge is 0.490 e. The highest BCUT2D eigenvalue weighted by atomic mass is 35.5. The van der Waals surface area contributed by atoms with E-state index in [4.69, 9.17) is 23.4 Å². The molecule has 46 heavy (non-hydrogen) atoms. The van der Waals surface area contributed by atoms with Gasteiger partial charge < -0.3 is 28.1 Å². The molecule has 0 atom stereocenters. The summed E-state index contributed by atoms with van der Waals surface area (Å²) in [4.78, 5) is 25.3. The van der Waals surface area contributed by atoms with Gasteiger partial charge in [0.25, 0.3) is 0 Å². The molecule has 14 heteroatoms. The maximum absolute atomic E-state index is 11.0. The lowest BCUT2D eigenvalue weighted by molar-refractivity contribution is -0.402. The predicted octanol–water partition coefficient (Wildman–Crippen LogP) is 6.82. The Bertz CT molecular complexity index is 1640. The lowest BCUT2D eigenvalue weighted by atomic mass is 10.0. The molecule has 13 nitrogen and oxygen atoms in total. The van der Waals surface area contributed by atoms with Crippen LogP contribution in [-0.4, -0.2) is 66.8 Å². The smallest absolute Gasteiger partial charge is 0.433 e. The number of cyclic esters (lactones) is 1. The summed E-state index contributed by atoms with van der Waals surface area (Å²) in [5, 5.41) is 17.3. The number of pyridine rings is 1. The zero-order valence-electron chi connectivity index (χ0n) is 26.1. The lowest BCUT2D eigenvalue weighted by Gasteiger charge is -2.15. The molecule has 1 aliphatic rings. The molecule has 1 fully saturated rings. The first kappa shape index (κ1) is 35.4. The van der Waals surface area contributed by atoms with Gasteiger partial charge in [-0.3, -0.25) is 15.1 Å². The number of fused-ring (bicyclic) bond motifs is 1. The van der Waals surface area contributed by atoms with Gasteiger partial charge >= 0.3 is 12.0 Å². The number of aromatic nitrogens is 1. The molecule has 2 aromatic carbocycles. The molecule has 3 heterocycles. The second-order valence-corrected chi connectivity index (χ2v) is 9.38. The summed E-state index contributed by atoms with van der Waals surface area (Å²) in [5.41, 5.74) is 2.10. The number of rotatable bonds is 13. The lowest BCUT2D eigenvalue weighted by Crippen LogP contribution is -2.17. The van der Waals surface area contributed by atoms with Crippen LogP contribution in [0.2, 0.25) is 0 Å². The minimum Gasteiger partial charge on any atom is -0.490 e. The van der Waals surface area contributed by atoms with Crippen LogP contribution in [0.15, 0.2) is 64.2 Å². The third-order valence-corrected chi connectivity index (χ3v) is 6.35. The normalized spacial score (nSPS) is 12.3. The number of hydrogen-bond donors (Lipinski definition) is 0. The first-order valence-corrected chi connectivity index (χ1v) is 14.6. The third kappa shape index (κ3) is 9.24. The van der Waals surface area contributed by atoms with Gasteiger partial charge in [0.2, 0.25) is 0 Å².